The number of rotatable bonds is 4. The largest absolute Gasteiger partial charge is 0.355 e. The van der Waals surface area contributed by atoms with Crippen LogP contribution in [0.15, 0.2) is 39.2 Å². The quantitative estimate of drug-likeness (QED) is 0.771. The smallest absolute Gasteiger partial charge is 0.238 e. The van der Waals surface area contributed by atoms with Crippen LogP contribution in [0.2, 0.25) is 0 Å². The van der Waals surface area contributed by atoms with Gasteiger partial charge in [-0.25, -0.2) is 0 Å². The molecule has 126 valence electrons. The summed E-state index contributed by atoms with van der Waals surface area (Å²) in [5, 5.41) is 6.70. The Bertz CT molecular complexity index is 785. The zero-order valence-corrected chi connectivity index (χ0v) is 15.4. The van der Waals surface area contributed by atoms with Crippen molar-refractivity contribution in [2.45, 2.75) is 27.3 Å². The number of amides is 1. The molecule has 1 aliphatic heterocycles. The van der Waals surface area contributed by atoms with Crippen LogP contribution in [-0.2, 0) is 16.1 Å². The van der Waals surface area contributed by atoms with Crippen LogP contribution in [0.1, 0.15) is 26.5 Å². The highest BCUT2D eigenvalue weighted by Crippen LogP contribution is 2.32. The van der Waals surface area contributed by atoms with Crippen LogP contribution in [0.25, 0.3) is 10.6 Å². The van der Waals surface area contributed by atoms with Gasteiger partial charge < -0.3 is 4.52 Å². The molecular weight excluding hydrogens is 344 g/mol. The van der Waals surface area contributed by atoms with Gasteiger partial charge in [-0.1, -0.05) is 43.8 Å². The summed E-state index contributed by atoms with van der Waals surface area (Å²) in [4.78, 5) is 27.0. The molecule has 0 N–H and O–H groups in total. The predicted molar refractivity (Wildman–Crippen MR) is 95.4 cm³/mol. The Kier molecular flexibility index (Phi) is 4.64. The van der Waals surface area contributed by atoms with Crippen molar-refractivity contribution in [3.8, 4) is 10.6 Å². The normalized spacial score (nSPS) is 17.0. The maximum atomic E-state index is 12.2. The lowest BCUT2D eigenvalue weighted by atomic mass is 9.91. The van der Waals surface area contributed by atoms with Crippen LogP contribution in [0, 0.1) is 5.41 Å². The van der Waals surface area contributed by atoms with Gasteiger partial charge in [-0.15, -0.1) is 11.3 Å². The monoisotopic (exact) mass is 362 g/mol. The molecule has 0 bridgehead atoms. The molecule has 2 aromatic rings. The van der Waals surface area contributed by atoms with E-state index < -0.39 is 5.41 Å². The first kappa shape index (κ1) is 17.0. The second-order valence-corrected chi connectivity index (χ2v) is 8.47. The molecule has 2 aromatic heterocycles. The number of hydrogen-bond acceptors (Lipinski definition) is 6. The molecule has 24 heavy (non-hydrogen) atoms. The van der Waals surface area contributed by atoms with Gasteiger partial charge in [-0.2, -0.15) is 0 Å². The summed E-state index contributed by atoms with van der Waals surface area (Å²) >= 11 is 2.96. The Labute approximate surface area is 148 Å². The predicted octanol–water partition coefficient (Wildman–Crippen LogP) is 3.94. The molecule has 3 rings (SSSR count). The van der Waals surface area contributed by atoms with E-state index in [-0.39, 0.29) is 11.7 Å². The molecule has 1 fully saturated rings. The molecule has 0 spiro atoms. The number of carbonyl (C=O) groups excluding carboxylic acids is 2. The molecule has 0 aliphatic carbocycles. The van der Waals surface area contributed by atoms with Crippen molar-refractivity contribution >= 4 is 34.8 Å². The average molecular weight is 362 g/mol. The summed E-state index contributed by atoms with van der Waals surface area (Å²) in [6.07, 6.45) is 1.57. The fourth-order valence-electron chi connectivity index (χ4n) is 2.11. The van der Waals surface area contributed by atoms with Gasteiger partial charge in [-0.05, 0) is 11.4 Å². The molecule has 0 atom stereocenters. The number of allylic oxidation sites excluding steroid dienone is 1. The molecular formula is C17H18N2O3S2. The molecule has 0 unspecified atom stereocenters. The molecule has 1 aliphatic rings. The fraction of sp³-hybridized carbons (Fsp3) is 0.353. The fourth-order valence-corrected chi connectivity index (χ4v) is 3.72. The summed E-state index contributed by atoms with van der Waals surface area (Å²) in [5.41, 5.74) is 0.203. The van der Waals surface area contributed by atoms with Crippen molar-refractivity contribution in [3.05, 3.63) is 40.4 Å². The van der Waals surface area contributed by atoms with Crippen molar-refractivity contribution < 1.29 is 14.1 Å². The van der Waals surface area contributed by atoms with Crippen molar-refractivity contribution in [1.29, 1.82) is 0 Å². The highest BCUT2D eigenvalue weighted by atomic mass is 32.2. The Balaban J connectivity index is 1.78. The topological polar surface area (TPSA) is 63.4 Å². The average Bonchev–Trinajstić information content (AvgIpc) is 3.22. The van der Waals surface area contributed by atoms with E-state index in [0.717, 1.165) is 4.88 Å². The number of ketones is 1. The van der Waals surface area contributed by atoms with E-state index in [1.807, 2.05) is 44.4 Å². The lowest BCUT2D eigenvalue weighted by Gasteiger charge is -2.18. The lowest BCUT2D eigenvalue weighted by molar-refractivity contribution is -0.125. The SMILES string of the molecule is CC(C)(C)C(=O)C=C1SCC(=O)N1Cc1cc(-c2cccs2)on1. The standard InChI is InChI=1S/C17H18N2O3S2/c1-17(2,3)14(20)8-16-19(15(21)10-24-16)9-11-7-12(22-18-11)13-5-4-6-23-13/h4-8H,9-10H2,1-3H3. The third kappa shape index (κ3) is 3.62. The molecule has 0 saturated carbocycles. The van der Waals surface area contributed by atoms with Gasteiger partial charge in [0, 0.05) is 17.6 Å². The number of aromatic nitrogens is 1. The van der Waals surface area contributed by atoms with Crippen LogP contribution >= 0.6 is 23.1 Å². The highest BCUT2D eigenvalue weighted by molar-refractivity contribution is 8.04. The van der Waals surface area contributed by atoms with Gasteiger partial charge in [0.05, 0.1) is 22.2 Å². The van der Waals surface area contributed by atoms with Gasteiger partial charge >= 0.3 is 0 Å². The summed E-state index contributed by atoms with van der Waals surface area (Å²) in [6, 6.07) is 5.74. The minimum absolute atomic E-state index is 0.00382. The highest BCUT2D eigenvalue weighted by Gasteiger charge is 2.30. The first-order chi connectivity index (χ1) is 11.3. The number of carbonyl (C=O) groups is 2. The van der Waals surface area contributed by atoms with E-state index in [4.69, 9.17) is 4.52 Å². The Hall–Kier alpha value is -1.86. The van der Waals surface area contributed by atoms with Crippen LogP contribution in [0.3, 0.4) is 0 Å². The molecule has 1 saturated heterocycles. The molecule has 7 heteroatoms. The van der Waals surface area contributed by atoms with Gasteiger partial charge in [-0.3, -0.25) is 14.5 Å². The maximum absolute atomic E-state index is 12.2. The second-order valence-electron chi connectivity index (χ2n) is 6.53. The van der Waals surface area contributed by atoms with Gasteiger partial charge in [0.1, 0.15) is 5.69 Å². The summed E-state index contributed by atoms with van der Waals surface area (Å²) < 4.78 is 5.35. The lowest BCUT2D eigenvalue weighted by Crippen LogP contribution is -2.26. The molecule has 0 radical (unpaired) electrons. The van der Waals surface area contributed by atoms with Crippen molar-refractivity contribution in [2.24, 2.45) is 5.41 Å². The Morgan fingerprint density at radius 1 is 1.46 bits per heavy atom. The minimum Gasteiger partial charge on any atom is -0.355 e. The third-order valence-electron chi connectivity index (χ3n) is 3.55. The first-order valence-electron chi connectivity index (χ1n) is 7.53. The van der Waals surface area contributed by atoms with E-state index in [1.165, 1.54) is 11.8 Å². The summed E-state index contributed by atoms with van der Waals surface area (Å²) in [6.45, 7) is 5.90. The first-order valence-corrected chi connectivity index (χ1v) is 9.40. The summed E-state index contributed by atoms with van der Waals surface area (Å²) in [7, 11) is 0. The zero-order valence-electron chi connectivity index (χ0n) is 13.7. The van der Waals surface area contributed by atoms with Gasteiger partial charge in [0.25, 0.3) is 0 Å². The van der Waals surface area contributed by atoms with Crippen LogP contribution in [-0.4, -0.2) is 27.5 Å². The second kappa shape index (κ2) is 6.57. The van der Waals surface area contributed by atoms with Gasteiger partial charge in [0.15, 0.2) is 11.5 Å². The number of thiophene rings is 1. The van der Waals surface area contributed by atoms with Crippen LogP contribution in [0.4, 0.5) is 0 Å². The number of hydrogen-bond donors (Lipinski definition) is 0. The maximum Gasteiger partial charge on any atom is 0.238 e. The van der Waals surface area contributed by atoms with E-state index in [9.17, 15) is 9.59 Å². The third-order valence-corrected chi connectivity index (χ3v) is 5.46. The number of nitrogens with zero attached hydrogens (tertiary/aromatic N) is 2. The van der Waals surface area contributed by atoms with Crippen molar-refractivity contribution in [1.82, 2.24) is 10.1 Å². The zero-order chi connectivity index (χ0) is 17.3. The van der Waals surface area contributed by atoms with E-state index in [1.54, 1.807) is 22.3 Å². The molecule has 3 heterocycles. The molecule has 0 aromatic carbocycles. The van der Waals surface area contributed by atoms with E-state index in [2.05, 4.69) is 5.16 Å². The van der Waals surface area contributed by atoms with E-state index >= 15 is 0 Å². The molecule has 5 nitrogen and oxygen atoms in total. The van der Waals surface area contributed by atoms with Crippen molar-refractivity contribution in [3.63, 3.8) is 0 Å². The van der Waals surface area contributed by atoms with Crippen LogP contribution < -0.4 is 0 Å². The Morgan fingerprint density at radius 3 is 2.92 bits per heavy atom. The minimum atomic E-state index is -0.467. The Morgan fingerprint density at radius 2 is 2.25 bits per heavy atom. The van der Waals surface area contributed by atoms with Gasteiger partial charge in [0.2, 0.25) is 5.91 Å². The summed E-state index contributed by atoms with van der Waals surface area (Å²) in [5.74, 6) is 1.02. The van der Waals surface area contributed by atoms with Crippen molar-refractivity contribution in [2.75, 3.05) is 5.75 Å². The molecule has 1 amide bonds. The van der Waals surface area contributed by atoms with Crippen LogP contribution in [0.5, 0.6) is 0 Å². The number of thioether (sulfide) groups is 1. The van der Waals surface area contributed by atoms with E-state index in [0.29, 0.717) is 28.8 Å².